The van der Waals surface area contributed by atoms with E-state index in [0.29, 0.717) is 5.56 Å². The van der Waals surface area contributed by atoms with Crippen molar-refractivity contribution in [3.8, 4) is 0 Å². The molecule has 11 heteroatoms. The maximum atomic E-state index is 13.1. The minimum Gasteiger partial charge on any atom is -0.383 e. The van der Waals surface area contributed by atoms with E-state index in [1.54, 1.807) is 6.92 Å². The summed E-state index contributed by atoms with van der Waals surface area (Å²) < 4.78 is 57.5. The van der Waals surface area contributed by atoms with Crippen molar-refractivity contribution in [1.82, 2.24) is 10.0 Å². The van der Waals surface area contributed by atoms with E-state index in [1.807, 2.05) is 0 Å². The molecular formula is C14H22ClF2N3O4S. The second-order valence-electron chi connectivity index (χ2n) is 5.11. The summed E-state index contributed by atoms with van der Waals surface area (Å²) in [6, 6.07) is 3.90. The molecule has 144 valence electrons. The maximum absolute atomic E-state index is 13.1. The monoisotopic (exact) mass is 401 g/mol. The fourth-order valence-corrected chi connectivity index (χ4v) is 2.79. The zero-order valence-corrected chi connectivity index (χ0v) is 15.5. The average molecular weight is 402 g/mol. The first-order valence-electron chi connectivity index (χ1n) is 7.08. The molecule has 1 aromatic rings. The topological polar surface area (TPSA) is 111 Å². The quantitative estimate of drug-likeness (QED) is 0.526. The maximum Gasteiger partial charge on any atom is 0.277 e. The molecule has 0 saturated carbocycles. The number of ether oxygens (including phenoxy) is 1. The van der Waals surface area contributed by atoms with Crippen LogP contribution in [0.3, 0.4) is 0 Å². The van der Waals surface area contributed by atoms with Gasteiger partial charge in [0.2, 0.25) is 10.0 Å². The van der Waals surface area contributed by atoms with Crippen molar-refractivity contribution in [2.75, 3.05) is 33.4 Å². The van der Waals surface area contributed by atoms with Crippen LogP contribution in [-0.4, -0.2) is 53.6 Å². The number of halogens is 3. The van der Waals surface area contributed by atoms with Gasteiger partial charge in [0.1, 0.15) is 0 Å². The fourth-order valence-electron chi connectivity index (χ4n) is 1.75. The molecule has 0 bridgehead atoms. The SMILES string of the molecule is COCCNS(=O)(=O)c1ccc(C)c(C(=O)NCC(F)(F)CN)c1.Cl. The number of amides is 1. The van der Waals surface area contributed by atoms with Crippen LogP contribution in [0.4, 0.5) is 8.78 Å². The van der Waals surface area contributed by atoms with Gasteiger partial charge in [-0.2, -0.15) is 0 Å². The largest absolute Gasteiger partial charge is 0.383 e. The van der Waals surface area contributed by atoms with E-state index in [0.717, 1.165) is 6.07 Å². The first kappa shape index (κ1) is 23.7. The van der Waals surface area contributed by atoms with Crippen LogP contribution in [0.2, 0.25) is 0 Å². The van der Waals surface area contributed by atoms with Crippen LogP contribution in [0.1, 0.15) is 15.9 Å². The second kappa shape index (κ2) is 9.97. The Balaban J connectivity index is 0.00000576. The Morgan fingerprint density at radius 3 is 2.56 bits per heavy atom. The Morgan fingerprint density at radius 1 is 1.36 bits per heavy atom. The Labute approximate surface area is 151 Å². The van der Waals surface area contributed by atoms with Crippen molar-refractivity contribution >= 4 is 28.3 Å². The summed E-state index contributed by atoms with van der Waals surface area (Å²) in [5.41, 5.74) is 5.36. The van der Waals surface area contributed by atoms with Crippen LogP contribution in [0.5, 0.6) is 0 Å². The van der Waals surface area contributed by atoms with Crippen molar-refractivity contribution in [3.05, 3.63) is 29.3 Å². The van der Waals surface area contributed by atoms with Gasteiger partial charge < -0.3 is 15.8 Å². The Kier molecular flexibility index (Phi) is 9.44. The molecule has 0 aliphatic heterocycles. The number of benzene rings is 1. The van der Waals surface area contributed by atoms with Crippen molar-refractivity contribution in [1.29, 1.82) is 0 Å². The number of hydrogen-bond acceptors (Lipinski definition) is 5. The second-order valence-corrected chi connectivity index (χ2v) is 6.88. The van der Waals surface area contributed by atoms with Crippen molar-refractivity contribution in [2.45, 2.75) is 17.7 Å². The minimum absolute atomic E-state index is 0. The molecule has 0 heterocycles. The van der Waals surface area contributed by atoms with Crippen LogP contribution in [-0.2, 0) is 14.8 Å². The van der Waals surface area contributed by atoms with E-state index in [-0.39, 0.29) is 36.0 Å². The summed E-state index contributed by atoms with van der Waals surface area (Å²) in [7, 11) is -2.40. The zero-order chi connectivity index (χ0) is 18.4. The van der Waals surface area contributed by atoms with E-state index in [4.69, 9.17) is 10.5 Å². The standard InChI is InChI=1S/C14H21F2N3O4S.ClH/c1-10-3-4-11(24(21,22)19-5-6-23-2)7-12(10)13(20)18-9-14(15,16)8-17;/h3-4,7,19H,5-6,8-9,17H2,1-2H3,(H,18,20);1H. The summed E-state index contributed by atoms with van der Waals surface area (Å²) in [6.45, 7) is 0.00322. The van der Waals surface area contributed by atoms with Crippen LogP contribution >= 0.6 is 12.4 Å². The van der Waals surface area contributed by atoms with E-state index in [1.165, 1.54) is 19.2 Å². The molecule has 0 fully saturated rings. The Bertz CT molecular complexity index is 687. The van der Waals surface area contributed by atoms with Crippen molar-refractivity contribution in [3.63, 3.8) is 0 Å². The number of carbonyl (C=O) groups excluding carboxylic acids is 1. The third kappa shape index (κ3) is 7.20. The molecule has 0 aliphatic rings. The van der Waals surface area contributed by atoms with E-state index >= 15 is 0 Å². The summed E-state index contributed by atoms with van der Waals surface area (Å²) in [5.74, 6) is -4.02. The highest BCUT2D eigenvalue weighted by Crippen LogP contribution is 2.16. The number of alkyl halides is 2. The summed E-state index contributed by atoms with van der Waals surface area (Å²) in [4.78, 5) is 11.9. The number of methoxy groups -OCH3 is 1. The number of aryl methyl sites for hydroxylation is 1. The molecule has 0 radical (unpaired) electrons. The zero-order valence-electron chi connectivity index (χ0n) is 13.8. The molecule has 0 spiro atoms. The molecule has 1 rings (SSSR count). The smallest absolute Gasteiger partial charge is 0.277 e. The molecular weight excluding hydrogens is 380 g/mol. The van der Waals surface area contributed by atoms with Crippen molar-refractivity contribution in [2.24, 2.45) is 5.73 Å². The number of hydrogen-bond donors (Lipinski definition) is 3. The van der Waals surface area contributed by atoms with Gasteiger partial charge in [-0.05, 0) is 24.6 Å². The molecule has 1 amide bonds. The molecule has 0 aromatic heterocycles. The average Bonchev–Trinajstić information content (AvgIpc) is 2.53. The number of rotatable bonds is 9. The highest BCUT2D eigenvalue weighted by atomic mass is 35.5. The highest BCUT2D eigenvalue weighted by Gasteiger charge is 2.28. The van der Waals surface area contributed by atoms with Crippen LogP contribution < -0.4 is 15.8 Å². The molecule has 25 heavy (non-hydrogen) atoms. The summed E-state index contributed by atoms with van der Waals surface area (Å²) in [6.07, 6.45) is 0. The fraction of sp³-hybridized carbons (Fsp3) is 0.500. The first-order valence-corrected chi connectivity index (χ1v) is 8.56. The molecule has 0 aliphatic carbocycles. The molecule has 0 saturated heterocycles. The van der Waals surface area contributed by atoms with E-state index in [9.17, 15) is 22.0 Å². The minimum atomic E-state index is -3.83. The molecule has 4 N–H and O–H groups in total. The molecule has 1 aromatic carbocycles. The summed E-state index contributed by atoms with van der Waals surface area (Å²) in [5, 5.41) is 2.06. The Hall–Kier alpha value is -1.33. The Morgan fingerprint density at radius 2 is 2.00 bits per heavy atom. The number of carbonyl (C=O) groups is 1. The van der Waals surface area contributed by atoms with E-state index in [2.05, 4.69) is 10.0 Å². The normalized spacial score (nSPS) is 11.7. The number of nitrogens with one attached hydrogen (secondary N) is 2. The van der Waals surface area contributed by atoms with Crippen LogP contribution in [0.25, 0.3) is 0 Å². The molecule has 7 nitrogen and oxygen atoms in total. The highest BCUT2D eigenvalue weighted by molar-refractivity contribution is 7.89. The van der Waals surface area contributed by atoms with E-state index < -0.39 is 34.9 Å². The lowest BCUT2D eigenvalue weighted by atomic mass is 10.1. The van der Waals surface area contributed by atoms with Gasteiger partial charge in [-0.15, -0.1) is 12.4 Å². The predicted molar refractivity (Wildman–Crippen MR) is 91.8 cm³/mol. The van der Waals surface area contributed by atoms with Crippen LogP contribution in [0, 0.1) is 6.92 Å². The predicted octanol–water partition coefficient (Wildman–Crippen LogP) is 0.665. The van der Waals surface area contributed by atoms with Gasteiger partial charge in [0, 0.05) is 19.2 Å². The molecule has 0 atom stereocenters. The lowest BCUT2D eigenvalue weighted by Crippen LogP contribution is -2.41. The lowest BCUT2D eigenvalue weighted by molar-refractivity contribution is 0.0118. The number of sulfonamides is 1. The van der Waals surface area contributed by atoms with Gasteiger partial charge in [0.15, 0.2) is 0 Å². The third-order valence-corrected chi connectivity index (χ3v) is 4.63. The van der Waals surface area contributed by atoms with Gasteiger partial charge in [0.25, 0.3) is 11.8 Å². The molecule has 0 unspecified atom stereocenters. The van der Waals surface area contributed by atoms with Crippen molar-refractivity contribution < 1.29 is 26.7 Å². The van der Waals surface area contributed by atoms with Gasteiger partial charge in [-0.25, -0.2) is 21.9 Å². The first-order chi connectivity index (χ1) is 11.1. The lowest BCUT2D eigenvalue weighted by Gasteiger charge is -2.15. The van der Waals surface area contributed by atoms with Gasteiger partial charge in [-0.3, -0.25) is 4.79 Å². The summed E-state index contributed by atoms with van der Waals surface area (Å²) >= 11 is 0. The third-order valence-electron chi connectivity index (χ3n) is 3.17. The van der Waals surface area contributed by atoms with Gasteiger partial charge >= 0.3 is 0 Å². The van der Waals surface area contributed by atoms with Gasteiger partial charge in [-0.1, -0.05) is 6.07 Å². The van der Waals surface area contributed by atoms with Crippen LogP contribution in [0.15, 0.2) is 23.1 Å². The number of nitrogens with two attached hydrogens (primary N) is 1. The van der Waals surface area contributed by atoms with Gasteiger partial charge in [0.05, 0.1) is 24.6 Å².